The van der Waals surface area contributed by atoms with E-state index in [0.29, 0.717) is 22.8 Å². The number of ether oxygens (including phenoxy) is 1. The van der Waals surface area contributed by atoms with Crippen molar-refractivity contribution in [2.45, 2.75) is 32.6 Å². The number of allylic oxidation sites excluding steroid dienone is 6. The average Bonchev–Trinajstić information content (AvgIpc) is 3.28. The molecule has 0 spiro atoms. The molecule has 0 aliphatic heterocycles. The van der Waals surface area contributed by atoms with Gasteiger partial charge in [0, 0.05) is 17.3 Å². The van der Waals surface area contributed by atoms with Crippen LogP contribution in [-0.2, 0) is 24.6 Å². The van der Waals surface area contributed by atoms with Gasteiger partial charge in [0.25, 0.3) is 0 Å². The number of hydrogen-bond donors (Lipinski definition) is 0. The zero-order chi connectivity index (χ0) is 25.6. The van der Waals surface area contributed by atoms with E-state index in [1.54, 1.807) is 12.1 Å². The number of pyridine rings is 1. The van der Waals surface area contributed by atoms with Crippen molar-refractivity contribution >= 4 is 45.2 Å². The summed E-state index contributed by atoms with van der Waals surface area (Å²) in [4.78, 5) is 27.0. The van der Waals surface area contributed by atoms with Crippen LogP contribution in [0.5, 0.6) is 5.75 Å². The average molecular weight is 551 g/mol. The molecule has 2 aromatic rings. The molecule has 0 saturated heterocycles. The first-order chi connectivity index (χ1) is 16.9. The quantitative estimate of drug-likeness (QED) is 0.239. The van der Waals surface area contributed by atoms with E-state index >= 15 is 0 Å². The van der Waals surface area contributed by atoms with Crippen molar-refractivity contribution in [1.82, 2.24) is 15.2 Å². The first kappa shape index (κ1) is 28.3. The molecular weight excluding hydrogens is 529 g/mol. The number of nitrogens with zero attached hydrogens (tertiary/aromatic N) is 3. The topological polar surface area (TPSA) is 82.0 Å². The predicted octanol–water partition coefficient (Wildman–Crippen LogP) is 4.69. The molecule has 1 fully saturated rings. The van der Waals surface area contributed by atoms with Gasteiger partial charge in [0.05, 0.1) is 19.6 Å². The normalized spacial score (nSPS) is 15.8. The zero-order valence-electron chi connectivity index (χ0n) is 19.2. The fourth-order valence-corrected chi connectivity index (χ4v) is 3.52. The summed E-state index contributed by atoms with van der Waals surface area (Å²) in [6.07, 6.45) is 12.3. The second-order valence-corrected chi connectivity index (χ2v) is 8.65. The van der Waals surface area contributed by atoms with Crippen LogP contribution >= 0.6 is 22.9 Å². The Hall–Kier alpha value is -2.94. The van der Waals surface area contributed by atoms with Crippen LogP contribution in [0.15, 0.2) is 48.2 Å². The molecule has 0 atom stereocenters. The third-order valence-corrected chi connectivity index (χ3v) is 5.70. The number of halogens is 1. The van der Waals surface area contributed by atoms with Gasteiger partial charge in [0.2, 0.25) is 0 Å². The van der Waals surface area contributed by atoms with Gasteiger partial charge < -0.3 is 25.7 Å². The Morgan fingerprint density at radius 1 is 1.40 bits per heavy atom. The van der Waals surface area contributed by atoms with Crippen molar-refractivity contribution in [3.8, 4) is 17.6 Å². The molecule has 0 unspecified atom stereocenters. The van der Waals surface area contributed by atoms with Crippen molar-refractivity contribution in [3.63, 3.8) is 0 Å². The molecule has 0 amide bonds. The van der Waals surface area contributed by atoms with Crippen LogP contribution in [0, 0.1) is 23.3 Å². The maximum absolute atomic E-state index is 11.8. The Labute approximate surface area is 221 Å². The molecule has 0 N–H and O–H groups in total. The van der Waals surface area contributed by atoms with Gasteiger partial charge in [0.1, 0.15) is 16.7 Å². The van der Waals surface area contributed by atoms with E-state index in [0.717, 1.165) is 10.6 Å². The predicted molar refractivity (Wildman–Crippen MR) is 135 cm³/mol. The Bertz CT molecular complexity index is 1230. The van der Waals surface area contributed by atoms with Gasteiger partial charge in [-0.2, -0.15) is 0 Å². The van der Waals surface area contributed by atoms with Gasteiger partial charge in [0.15, 0.2) is 0 Å². The molecule has 2 aromatic heterocycles. The number of rotatable bonds is 3. The monoisotopic (exact) mass is 549 g/mol. The van der Waals surface area contributed by atoms with E-state index in [1.807, 2.05) is 19.3 Å². The third-order valence-electron chi connectivity index (χ3n) is 4.94. The number of methoxy groups -OCH3 is 1. The molecule has 2 heterocycles. The standard InChI is InChI=1S/C16H13ClNO3.C8H7N2S.C2H2.Ni/c1-3-10-4-12(20)6-11(9-19)13(5-10)14-7-16(17)18-8-15(14)21-2;1-2-7(3-1)4-5-8-10-9-6-11-8;1-2;/h3,5-8H,4H2,1-2H3;7H,1-3H2;1H2;/q2*-1;;/b10-3-;;;. The molecule has 4 rings (SSSR count). The summed E-state index contributed by atoms with van der Waals surface area (Å²) in [6, 6.07) is 1.60. The first-order valence-electron chi connectivity index (χ1n) is 10.5. The summed E-state index contributed by atoms with van der Waals surface area (Å²) in [7, 11) is 1.50. The van der Waals surface area contributed by atoms with Crippen molar-refractivity contribution in [2.24, 2.45) is 5.92 Å². The fourth-order valence-electron chi connectivity index (χ4n) is 3.01. The molecule has 2 aliphatic carbocycles. The molecule has 9 heteroatoms. The van der Waals surface area contributed by atoms with E-state index < -0.39 is 0 Å². The van der Waals surface area contributed by atoms with E-state index in [1.165, 1.54) is 50.0 Å². The van der Waals surface area contributed by atoms with Gasteiger partial charge in [-0.15, -0.1) is 35.1 Å². The second-order valence-electron chi connectivity index (χ2n) is 7.14. The SMILES string of the molecule is C(#CC1CCC1)c1nn[c-]s1.C/C=C1\C=C(c2cc(Cl)ncc2OC)C([C-]=O)=CC(=O)C1.C=[C]=[Ni]. The van der Waals surface area contributed by atoms with E-state index in [-0.39, 0.29) is 22.9 Å². The zero-order valence-corrected chi connectivity index (χ0v) is 21.7. The van der Waals surface area contributed by atoms with Crippen molar-refractivity contribution in [3.05, 3.63) is 69.5 Å². The van der Waals surface area contributed by atoms with E-state index in [4.69, 9.17) is 16.3 Å². The Balaban J connectivity index is 0.000000256. The van der Waals surface area contributed by atoms with Crippen LogP contribution in [0.3, 0.4) is 0 Å². The number of aromatic nitrogens is 3. The summed E-state index contributed by atoms with van der Waals surface area (Å²) in [5.41, 5.74) is 4.80. The third kappa shape index (κ3) is 8.98. The van der Waals surface area contributed by atoms with Crippen LogP contribution in [0.1, 0.15) is 43.2 Å². The van der Waals surface area contributed by atoms with Crippen molar-refractivity contribution in [1.29, 1.82) is 0 Å². The maximum atomic E-state index is 11.8. The molecular formula is C26H22ClN3NiO3S-2. The summed E-state index contributed by atoms with van der Waals surface area (Å²) in [5, 5.41) is 8.43. The fraction of sp³-hybridized carbons (Fsp3) is 0.269. The molecule has 35 heavy (non-hydrogen) atoms. The summed E-state index contributed by atoms with van der Waals surface area (Å²) in [6.45, 7) is 4.91. The first-order valence-corrected chi connectivity index (χ1v) is 12.1. The minimum absolute atomic E-state index is 0.146. The molecule has 0 radical (unpaired) electrons. The van der Waals surface area contributed by atoms with Gasteiger partial charge in [-0.1, -0.05) is 35.2 Å². The molecule has 6 nitrogen and oxygen atoms in total. The van der Waals surface area contributed by atoms with Gasteiger partial charge in [-0.3, -0.25) is 5.10 Å². The molecule has 1 saturated carbocycles. The Kier molecular flexibility index (Phi) is 12.2. The Morgan fingerprint density at radius 3 is 2.69 bits per heavy atom. The number of carbonyl (C=O) groups excluding carboxylic acids is 2. The van der Waals surface area contributed by atoms with Gasteiger partial charge >= 0.3 is 26.3 Å². The number of ketones is 1. The van der Waals surface area contributed by atoms with Gasteiger partial charge in [-0.25, -0.2) is 10.1 Å². The van der Waals surface area contributed by atoms with Crippen molar-refractivity contribution < 1.29 is 29.4 Å². The van der Waals surface area contributed by atoms with Crippen LogP contribution < -0.4 is 4.74 Å². The Morgan fingerprint density at radius 2 is 2.14 bits per heavy atom. The number of hydrogen-bond acceptors (Lipinski definition) is 7. The van der Waals surface area contributed by atoms with Crippen LogP contribution in [0.4, 0.5) is 0 Å². The van der Waals surface area contributed by atoms with Crippen LogP contribution in [0.25, 0.3) is 5.57 Å². The van der Waals surface area contributed by atoms with Crippen LogP contribution in [0.2, 0.25) is 5.15 Å². The van der Waals surface area contributed by atoms with E-state index in [9.17, 15) is 9.59 Å². The summed E-state index contributed by atoms with van der Waals surface area (Å²) >= 11 is 11.1. The molecule has 184 valence electrons. The van der Waals surface area contributed by atoms with Crippen molar-refractivity contribution in [2.75, 3.05) is 7.11 Å². The van der Waals surface area contributed by atoms with Gasteiger partial charge in [-0.05, 0) is 31.4 Å². The molecule has 2 aliphatic rings. The molecule has 0 aromatic carbocycles. The second kappa shape index (κ2) is 15.1. The summed E-state index contributed by atoms with van der Waals surface area (Å²) < 4.78 is 7.38. The van der Waals surface area contributed by atoms with E-state index in [2.05, 4.69) is 58.8 Å². The van der Waals surface area contributed by atoms with Crippen LogP contribution in [-0.4, -0.2) is 39.0 Å². The molecule has 0 bridgehead atoms. The number of carbonyl (C=O) groups is 1. The minimum atomic E-state index is -0.146. The summed E-state index contributed by atoms with van der Waals surface area (Å²) in [5.74, 6) is 7.10.